The highest BCUT2D eigenvalue weighted by molar-refractivity contribution is 5.51. The summed E-state index contributed by atoms with van der Waals surface area (Å²) >= 11 is 0. The van der Waals surface area contributed by atoms with Gasteiger partial charge >= 0.3 is 0 Å². The monoisotopic (exact) mass is 432 g/mol. The average Bonchev–Trinajstić information content (AvgIpc) is 2.74. The zero-order valence-corrected chi connectivity index (χ0v) is 20.6. The summed E-state index contributed by atoms with van der Waals surface area (Å²) in [5.41, 5.74) is 7.84. The van der Waals surface area contributed by atoms with E-state index in [9.17, 15) is 10.2 Å². The van der Waals surface area contributed by atoms with Crippen LogP contribution in [0, 0.1) is 20.8 Å². The van der Waals surface area contributed by atoms with Crippen LogP contribution in [0.1, 0.15) is 72.2 Å². The molecule has 0 amide bonds. The van der Waals surface area contributed by atoms with Gasteiger partial charge in [-0.2, -0.15) is 0 Å². The number of rotatable bonds is 6. The minimum atomic E-state index is -0.227. The van der Waals surface area contributed by atoms with Crippen LogP contribution in [-0.2, 0) is 22.2 Å². The smallest absolute Gasteiger partial charge is 0.124 e. The molecule has 0 fully saturated rings. The van der Waals surface area contributed by atoms with Gasteiger partial charge in [-0.3, -0.25) is 0 Å². The van der Waals surface area contributed by atoms with Gasteiger partial charge in [0.05, 0.1) is 6.61 Å². The zero-order chi connectivity index (χ0) is 23.8. The van der Waals surface area contributed by atoms with Gasteiger partial charge in [0.2, 0.25) is 0 Å². The van der Waals surface area contributed by atoms with E-state index in [-0.39, 0.29) is 10.8 Å². The van der Waals surface area contributed by atoms with Crippen molar-refractivity contribution in [1.82, 2.24) is 0 Å². The van der Waals surface area contributed by atoms with Gasteiger partial charge in [0.1, 0.15) is 11.5 Å². The Bertz CT molecular complexity index is 1100. The van der Waals surface area contributed by atoms with E-state index in [1.165, 1.54) is 16.7 Å². The molecule has 3 heteroatoms. The third kappa shape index (κ3) is 4.27. The molecule has 3 nitrogen and oxygen atoms in total. The molecule has 0 saturated heterocycles. The number of benzene rings is 3. The minimum absolute atomic E-state index is 0.188. The normalized spacial score (nSPS) is 12.2. The fraction of sp³-hybridized carbons (Fsp3) is 0.379. The van der Waals surface area contributed by atoms with Crippen molar-refractivity contribution >= 4 is 0 Å². The van der Waals surface area contributed by atoms with Crippen molar-refractivity contribution in [3.8, 4) is 11.5 Å². The van der Waals surface area contributed by atoms with Gasteiger partial charge in [0.15, 0.2) is 0 Å². The summed E-state index contributed by atoms with van der Waals surface area (Å²) in [6, 6.07) is 17.1. The summed E-state index contributed by atoms with van der Waals surface area (Å²) in [4.78, 5) is 0. The SMILES string of the molecule is COCc1cc(C(C)(C)c2ccc(C(C)(C)c3cc(C)c(O)c(C)c3)cc2)cc(C)c1O. The van der Waals surface area contributed by atoms with Crippen molar-refractivity contribution in [1.29, 1.82) is 0 Å². The Labute approximate surface area is 192 Å². The van der Waals surface area contributed by atoms with Crippen molar-refractivity contribution < 1.29 is 14.9 Å². The van der Waals surface area contributed by atoms with E-state index in [0.29, 0.717) is 18.1 Å². The predicted molar refractivity (Wildman–Crippen MR) is 132 cm³/mol. The number of hydrogen-bond acceptors (Lipinski definition) is 3. The lowest BCUT2D eigenvalue weighted by Crippen LogP contribution is -2.22. The average molecular weight is 433 g/mol. The molecule has 170 valence electrons. The van der Waals surface area contributed by atoms with Crippen molar-refractivity contribution in [3.63, 3.8) is 0 Å². The molecule has 0 aromatic heterocycles. The van der Waals surface area contributed by atoms with Crippen LogP contribution in [0.25, 0.3) is 0 Å². The number of aromatic hydroxyl groups is 2. The molecule has 3 aromatic carbocycles. The predicted octanol–water partition coefficient (Wildman–Crippen LogP) is 6.82. The molecule has 2 N–H and O–H groups in total. The molecule has 0 aliphatic carbocycles. The Kier molecular flexibility index (Phi) is 6.44. The molecule has 32 heavy (non-hydrogen) atoms. The summed E-state index contributed by atoms with van der Waals surface area (Å²) in [5, 5.41) is 20.6. The number of phenolic OH excluding ortho intramolecular Hbond substituents is 2. The van der Waals surface area contributed by atoms with Gasteiger partial charge in [-0.1, -0.05) is 70.2 Å². The second-order valence-corrected chi connectivity index (χ2v) is 10.0. The van der Waals surface area contributed by atoms with Crippen LogP contribution < -0.4 is 0 Å². The maximum Gasteiger partial charge on any atom is 0.124 e. The van der Waals surface area contributed by atoms with E-state index in [1.54, 1.807) is 7.11 Å². The lowest BCUT2D eigenvalue weighted by molar-refractivity contribution is 0.181. The summed E-state index contributed by atoms with van der Waals surface area (Å²) < 4.78 is 5.28. The van der Waals surface area contributed by atoms with Crippen LogP contribution >= 0.6 is 0 Å². The first-order valence-corrected chi connectivity index (χ1v) is 11.1. The summed E-state index contributed by atoms with van der Waals surface area (Å²) in [6.07, 6.45) is 0. The van der Waals surface area contributed by atoms with Gasteiger partial charge in [0, 0.05) is 23.5 Å². The molecule has 3 rings (SSSR count). The van der Waals surface area contributed by atoms with Crippen molar-refractivity contribution in [3.05, 3.63) is 93.0 Å². The molecule has 3 aromatic rings. The number of aryl methyl sites for hydroxylation is 3. The molecule has 0 aliphatic rings. The van der Waals surface area contributed by atoms with Crippen LogP contribution in [0.3, 0.4) is 0 Å². The number of phenols is 2. The van der Waals surface area contributed by atoms with Gasteiger partial charge < -0.3 is 14.9 Å². The number of methoxy groups -OCH3 is 1. The molecule has 0 bridgehead atoms. The third-order valence-corrected chi connectivity index (χ3v) is 6.94. The lowest BCUT2D eigenvalue weighted by atomic mass is 9.74. The van der Waals surface area contributed by atoms with Crippen molar-refractivity contribution in [2.45, 2.75) is 65.9 Å². The van der Waals surface area contributed by atoms with Crippen molar-refractivity contribution in [2.24, 2.45) is 0 Å². The summed E-state index contributed by atoms with van der Waals surface area (Å²) in [6.45, 7) is 15.1. The number of ether oxygens (including phenoxy) is 1. The van der Waals surface area contributed by atoms with Crippen LogP contribution in [-0.4, -0.2) is 17.3 Å². The van der Waals surface area contributed by atoms with Gasteiger partial charge in [-0.15, -0.1) is 0 Å². The molecular formula is C29H36O3. The second kappa shape index (κ2) is 8.63. The third-order valence-electron chi connectivity index (χ3n) is 6.94. The van der Waals surface area contributed by atoms with Gasteiger partial charge in [-0.05, 0) is 65.8 Å². The van der Waals surface area contributed by atoms with Crippen LogP contribution in [0.2, 0.25) is 0 Å². The van der Waals surface area contributed by atoms with E-state index in [0.717, 1.165) is 27.8 Å². The Morgan fingerprint density at radius 2 is 1.00 bits per heavy atom. The largest absolute Gasteiger partial charge is 0.507 e. The van der Waals surface area contributed by atoms with Gasteiger partial charge in [0.25, 0.3) is 0 Å². The highest BCUT2D eigenvalue weighted by atomic mass is 16.5. The molecular weight excluding hydrogens is 396 g/mol. The molecule has 0 heterocycles. The highest BCUT2D eigenvalue weighted by Crippen LogP contribution is 2.39. The first kappa shape index (κ1) is 23.9. The summed E-state index contributed by atoms with van der Waals surface area (Å²) in [5.74, 6) is 0.682. The van der Waals surface area contributed by atoms with E-state index in [2.05, 4.69) is 70.2 Å². The van der Waals surface area contributed by atoms with Crippen LogP contribution in [0.5, 0.6) is 11.5 Å². The van der Waals surface area contributed by atoms with Crippen LogP contribution in [0.15, 0.2) is 48.5 Å². The molecule has 0 saturated carbocycles. The fourth-order valence-electron chi connectivity index (χ4n) is 4.43. The van der Waals surface area contributed by atoms with Crippen molar-refractivity contribution in [2.75, 3.05) is 7.11 Å². The molecule has 0 spiro atoms. The quantitative estimate of drug-likeness (QED) is 0.449. The molecule has 0 aliphatic heterocycles. The molecule has 0 radical (unpaired) electrons. The standard InChI is InChI=1S/C29H36O3/c1-18-13-24(14-19(2)26(18)30)28(4,5)22-9-11-23(12-10-22)29(6,7)25-15-20(3)27(31)21(16-25)17-32-8/h9-16,30-31H,17H2,1-8H3. The van der Waals surface area contributed by atoms with E-state index in [4.69, 9.17) is 4.74 Å². The Morgan fingerprint density at radius 3 is 1.41 bits per heavy atom. The summed E-state index contributed by atoms with van der Waals surface area (Å²) in [7, 11) is 1.64. The zero-order valence-electron chi connectivity index (χ0n) is 20.6. The first-order chi connectivity index (χ1) is 14.9. The second-order valence-electron chi connectivity index (χ2n) is 10.0. The fourth-order valence-corrected chi connectivity index (χ4v) is 4.43. The maximum absolute atomic E-state index is 10.4. The minimum Gasteiger partial charge on any atom is -0.507 e. The topological polar surface area (TPSA) is 49.7 Å². The number of hydrogen-bond donors (Lipinski definition) is 2. The molecule has 0 atom stereocenters. The van der Waals surface area contributed by atoms with E-state index in [1.807, 2.05) is 26.8 Å². The van der Waals surface area contributed by atoms with E-state index < -0.39 is 0 Å². The van der Waals surface area contributed by atoms with Crippen LogP contribution in [0.4, 0.5) is 0 Å². The highest BCUT2D eigenvalue weighted by Gasteiger charge is 2.28. The maximum atomic E-state index is 10.4. The lowest BCUT2D eigenvalue weighted by Gasteiger charge is -2.30. The Morgan fingerprint density at radius 1 is 0.625 bits per heavy atom. The Balaban J connectivity index is 1.99. The Hall–Kier alpha value is -2.78. The molecule has 0 unspecified atom stereocenters. The first-order valence-electron chi connectivity index (χ1n) is 11.1. The van der Waals surface area contributed by atoms with E-state index >= 15 is 0 Å². The van der Waals surface area contributed by atoms with Gasteiger partial charge in [-0.25, -0.2) is 0 Å².